The van der Waals surface area contributed by atoms with Crippen LogP contribution in [0.3, 0.4) is 0 Å². The number of nitrogens with one attached hydrogen (secondary N) is 1. The fourth-order valence-corrected chi connectivity index (χ4v) is 3.47. The maximum Gasteiger partial charge on any atom is 0.264 e. The third-order valence-corrected chi connectivity index (χ3v) is 4.83. The lowest BCUT2D eigenvalue weighted by Crippen LogP contribution is -2.17. The molecule has 0 bridgehead atoms. The van der Waals surface area contributed by atoms with E-state index in [2.05, 4.69) is 14.7 Å². The smallest absolute Gasteiger partial charge is 0.247 e. The molecule has 0 aliphatic rings. The molecular formula is C14H16ClN3O2S. The van der Waals surface area contributed by atoms with Crippen molar-refractivity contribution in [1.29, 1.82) is 0 Å². The fraction of sp³-hybridized carbons (Fsp3) is 0.286. The van der Waals surface area contributed by atoms with Crippen LogP contribution < -0.4 is 4.72 Å². The number of nitrogens with zero attached hydrogens (tertiary/aromatic N) is 2. The quantitative estimate of drug-likeness (QED) is 0.940. The van der Waals surface area contributed by atoms with Gasteiger partial charge in [0.2, 0.25) is 5.95 Å². The Morgan fingerprint density at radius 3 is 2.10 bits per heavy atom. The summed E-state index contributed by atoms with van der Waals surface area (Å²) < 4.78 is 27.4. The van der Waals surface area contributed by atoms with Gasteiger partial charge >= 0.3 is 0 Å². The average Bonchev–Trinajstić information content (AvgIpc) is 2.31. The van der Waals surface area contributed by atoms with Gasteiger partial charge in [0.25, 0.3) is 10.0 Å². The van der Waals surface area contributed by atoms with Crippen LogP contribution in [0, 0.1) is 27.7 Å². The van der Waals surface area contributed by atoms with E-state index in [4.69, 9.17) is 11.6 Å². The average molecular weight is 326 g/mol. The summed E-state index contributed by atoms with van der Waals surface area (Å²) in [6.07, 6.45) is 0. The van der Waals surface area contributed by atoms with Gasteiger partial charge in [-0.1, -0.05) is 11.6 Å². The van der Waals surface area contributed by atoms with Crippen LogP contribution in [0.4, 0.5) is 5.95 Å². The van der Waals surface area contributed by atoms with Gasteiger partial charge in [-0.3, -0.25) is 0 Å². The minimum Gasteiger partial charge on any atom is -0.247 e. The van der Waals surface area contributed by atoms with E-state index in [-0.39, 0.29) is 10.8 Å². The summed E-state index contributed by atoms with van der Waals surface area (Å²) in [7, 11) is -3.75. The first-order valence-electron chi connectivity index (χ1n) is 6.31. The summed E-state index contributed by atoms with van der Waals surface area (Å²) in [6.45, 7) is 7.02. The standard InChI is InChI=1S/C14H16ClN3O2S/c1-8-6-13(9(2)5-12(8)15)21(19,20)18-14-16-10(3)7-11(4)17-14/h5-7H,1-4H3,(H,16,17,18). The van der Waals surface area contributed by atoms with Gasteiger partial charge < -0.3 is 0 Å². The molecule has 0 saturated carbocycles. The van der Waals surface area contributed by atoms with Crippen LogP contribution in [0.2, 0.25) is 5.02 Å². The van der Waals surface area contributed by atoms with Gasteiger partial charge in [0, 0.05) is 16.4 Å². The van der Waals surface area contributed by atoms with Crippen LogP contribution >= 0.6 is 11.6 Å². The van der Waals surface area contributed by atoms with Crippen molar-refractivity contribution in [2.24, 2.45) is 0 Å². The molecule has 0 unspecified atom stereocenters. The minimum absolute atomic E-state index is 0.0690. The normalized spacial score (nSPS) is 11.5. The number of halogens is 1. The number of benzene rings is 1. The molecule has 0 aliphatic carbocycles. The predicted molar refractivity (Wildman–Crippen MR) is 83.2 cm³/mol. The van der Waals surface area contributed by atoms with E-state index >= 15 is 0 Å². The molecule has 2 rings (SSSR count). The maximum atomic E-state index is 12.5. The summed E-state index contributed by atoms with van der Waals surface area (Å²) >= 11 is 6.00. The summed E-state index contributed by atoms with van der Waals surface area (Å²) in [5.41, 5.74) is 2.67. The number of hydrogen-bond acceptors (Lipinski definition) is 4. The summed E-state index contributed by atoms with van der Waals surface area (Å²) in [4.78, 5) is 8.35. The van der Waals surface area contributed by atoms with Crippen LogP contribution in [0.1, 0.15) is 22.5 Å². The Labute approximate surface area is 129 Å². The first-order valence-corrected chi connectivity index (χ1v) is 8.17. The van der Waals surface area contributed by atoms with Gasteiger partial charge in [0.15, 0.2) is 0 Å². The second-order valence-corrected chi connectivity index (χ2v) is 7.00. The molecule has 2 aromatic rings. The molecule has 0 fully saturated rings. The molecule has 1 heterocycles. The molecule has 0 amide bonds. The summed E-state index contributed by atoms with van der Waals surface area (Å²) in [5.74, 6) is 0.0690. The highest BCUT2D eigenvalue weighted by Gasteiger charge is 2.19. The lowest BCUT2D eigenvalue weighted by atomic mass is 10.2. The number of rotatable bonds is 3. The largest absolute Gasteiger partial charge is 0.264 e. The lowest BCUT2D eigenvalue weighted by Gasteiger charge is -2.11. The highest BCUT2D eigenvalue weighted by atomic mass is 35.5. The Bertz CT molecular complexity index is 784. The second kappa shape index (κ2) is 5.61. The van der Waals surface area contributed by atoms with E-state index in [9.17, 15) is 8.42 Å². The van der Waals surface area contributed by atoms with Crippen LogP contribution in [0.15, 0.2) is 23.1 Å². The Hall–Kier alpha value is -1.66. The van der Waals surface area contributed by atoms with Gasteiger partial charge in [-0.05, 0) is 57.0 Å². The predicted octanol–water partition coefficient (Wildman–Crippen LogP) is 3.16. The topological polar surface area (TPSA) is 72.0 Å². The van der Waals surface area contributed by atoms with E-state index < -0.39 is 10.0 Å². The van der Waals surface area contributed by atoms with E-state index in [0.717, 1.165) is 0 Å². The van der Waals surface area contributed by atoms with Crippen molar-refractivity contribution < 1.29 is 8.42 Å². The molecule has 0 radical (unpaired) electrons. The molecule has 1 aromatic heterocycles. The van der Waals surface area contributed by atoms with Crippen molar-refractivity contribution in [1.82, 2.24) is 9.97 Å². The first kappa shape index (κ1) is 15.7. The van der Waals surface area contributed by atoms with Crippen molar-refractivity contribution in [3.8, 4) is 0 Å². The van der Waals surface area contributed by atoms with Gasteiger partial charge in [-0.2, -0.15) is 0 Å². The molecule has 112 valence electrons. The Balaban J connectivity index is 2.45. The minimum atomic E-state index is -3.75. The molecule has 1 aromatic carbocycles. The summed E-state index contributed by atoms with van der Waals surface area (Å²) in [5, 5.41) is 0.536. The Morgan fingerprint density at radius 2 is 1.52 bits per heavy atom. The SMILES string of the molecule is Cc1cc(C)nc(NS(=O)(=O)c2cc(C)c(Cl)cc2C)n1. The highest BCUT2D eigenvalue weighted by Crippen LogP contribution is 2.25. The van der Waals surface area contributed by atoms with Crippen molar-refractivity contribution >= 4 is 27.6 Å². The van der Waals surface area contributed by atoms with Gasteiger partial charge in [-0.15, -0.1) is 0 Å². The van der Waals surface area contributed by atoms with Crippen molar-refractivity contribution in [2.45, 2.75) is 32.6 Å². The highest BCUT2D eigenvalue weighted by molar-refractivity contribution is 7.92. The third kappa shape index (κ3) is 3.51. The number of hydrogen-bond donors (Lipinski definition) is 1. The number of sulfonamides is 1. The molecule has 1 N–H and O–H groups in total. The zero-order valence-electron chi connectivity index (χ0n) is 12.2. The van der Waals surface area contributed by atoms with Gasteiger partial charge in [-0.25, -0.2) is 23.1 Å². The zero-order valence-corrected chi connectivity index (χ0v) is 13.8. The molecule has 7 heteroatoms. The molecule has 0 spiro atoms. The second-order valence-electron chi connectivity index (χ2n) is 4.95. The van der Waals surface area contributed by atoms with Crippen LogP contribution in [0.25, 0.3) is 0 Å². The summed E-state index contributed by atoms with van der Waals surface area (Å²) in [6, 6.07) is 4.95. The molecule has 0 atom stereocenters. The van der Waals surface area contributed by atoms with Crippen LogP contribution in [-0.2, 0) is 10.0 Å². The third-order valence-electron chi connectivity index (χ3n) is 2.95. The van der Waals surface area contributed by atoms with Crippen LogP contribution in [-0.4, -0.2) is 18.4 Å². The molecule has 5 nitrogen and oxygen atoms in total. The van der Waals surface area contributed by atoms with Gasteiger partial charge in [0.1, 0.15) is 0 Å². The number of anilines is 1. The van der Waals surface area contributed by atoms with E-state index in [1.807, 2.05) is 0 Å². The molecular weight excluding hydrogens is 310 g/mol. The zero-order chi connectivity index (χ0) is 15.8. The van der Waals surface area contributed by atoms with E-state index in [1.165, 1.54) is 0 Å². The van der Waals surface area contributed by atoms with Crippen molar-refractivity contribution in [2.75, 3.05) is 4.72 Å². The van der Waals surface area contributed by atoms with Gasteiger partial charge in [0.05, 0.1) is 4.90 Å². The maximum absolute atomic E-state index is 12.5. The fourth-order valence-electron chi connectivity index (χ4n) is 1.99. The van der Waals surface area contributed by atoms with E-state index in [0.29, 0.717) is 27.5 Å². The molecule has 21 heavy (non-hydrogen) atoms. The van der Waals surface area contributed by atoms with Crippen molar-refractivity contribution in [3.05, 3.63) is 45.7 Å². The first-order chi connectivity index (χ1) is 9.69. The van der Waals surface area contributed by atoms with Crippen LogP contribution in [0.5, 0.6) is 0 Å². The monoisotopic (exact) mass is 325 g/mol. The lowest BCUT2D eigenvalue weighted by molar-refractivity contribution is 0.600. The molecule has 0 saturated heterocycles. The van der Waals surface area contributed by atoms with E-state index in [1.54, 1.807) is 45.9 Å². The Kier molecular flexibility index (Phi) is 4.20. The number of aromatic nitrogens is 2. The van der Waals surface area contributed by atoms with Crippen molar-refractivity contribution in [3.63, 3.8) is 0 Å². The Morgan fingerprint density at radius 1 is 0.952 bits per heavy atom. The number of aryl methyl sites for hydroxylation is 4. The molecule has 0 aliphatic heterocycles.